The van der Waals surface area contributed by atoms with Crippen LogP contribution in [0.5, 0.6) is 0 Å². The van der Waals surface area contributed by atoms with Crippen LogP contribution in [0.3, 0.4) is 0 Å². The van der Waals surface area contributed by atoms with E-state index in [-0.39, 0.29) is 5.25 Å². The molecular formula is C15H23NO2S. The van der Waals surface area contributed by atoms with Gasteiger partial charge < -0.3 is 5.73 Å². The molecule has 19 heavy (non-hydrogen) atoms. The molecule has 2 N–H and O–H groups in total. The minimum absolute atomic E-state index is 0.214. The number of anilines is 1. The van der Waals surface area contributed by atoms with Gasteiger partial charge in [-0.3, -0.25) is 0 Å². The van der Waals surface area contributed by atoms with E-state index in [9.17, 15) is 8.42 Å². The average molecular weight is 281 g/mol. The van der Waals surface area contributed by atoms with Crippen molar-refractivity contribution in [2.24, 2.45) is 5.92 Å². The zero-order valence-corrected chi connectivity index (χ0v) is 12.5. The molecule has 2 rings (SSSR count). The molecule has 1 aliphatic rings. The van der Waals surface area contributed by atoms with Gasteiger partial charge in [0.25, 0.3) is 0 Å². The lowest BCUT2D eigenvalue weighted by Gasteiger charge is -2.28. The Bertz CT molecular complexity index is 551. The first-order chi connectivity index (χ1) is 8.95. The molecule has 0 bridgehead atoms. The quantitative estimate of drug-likeness (QED) is 0.865. The van der Waals surface area contributed by atoms with Crippen molar-refractivity contribution in [2.75, 3.05) is 5.73 Å². The van der Waals surface area contributed by atoms with Crippen LogP contribution >= 0.6 is 0 Å². The summed E-state index contributed by atoms with van der Waals surface area (Å²) in [6.07, 6.45) is 4.87. The second kappa shape index (κ2) is 5.53. The number of aryl methyl sites for hydroxylation is 1. The van der Waals surface area contributed by atoms with E-state index in [1.807, 2.05) is 6.92 Å². The summed E-state index contributed by atoms with van der Waals surface area (Å²) in [4.78, 5) is 0.431. The van der Waals surface area contributed by atoms with E-state index in [0.717, 1.165) is 31.2 Å². The first kappa shape index (κ1) is 14.4. The van der Waals surface area contributed by atoms with Crippen LogP contribution in [0.2, 0.25) is 0 Å². The SMILES string of the molecule is CCC1CCCC(S(=O)(=O)c2ccc(N)c(C)c2)C1. The monoisotopic (exact) mass is 281 g/mol. The molecule has 1 aromatic carbocycles. The van der Waals surface area contributed by atoms with E-state index in [1.165, 1.54) is 6.42 Å². The second-order valence-electron chi connectivity index (χ2n) is 5.63. The molecule has 1 aromatic rings. The molecule has 2 atom stereocenters. The topological polar surface area (TPSA) is 60.2 Å². The van der Waals surface area contributed by atoms with Gasteiger partial charge in [0.2, 0.25) is 0 Å². The second-order valence-corrected chi connectivity index (χ2v) is 7.85. The van der Waals surface area contributed by atoms with E-state index in [4.69, 9.17) is 5.73 Å². The molecule has 0 radical (unpaired) electrons. The maximum absolute atomic E-state index is 12.7. The molecule has 0 aliphatic heterocycles. The Morgan fingerprint density at radius 1 is 1.32 bits per heavy atom. The fourth-order valence-corrected chi connectivity index (χ4v) is 4.90. The summed E-state index contributed by atoms with van der Waals surface area (Å²) in [5.41, 5.74) is 7.24. The largest absolute Gasteiger partial charge is 0.399 e. The summed E-state index contributed by atoms with van der Waals surface area (Å²) < 4.78 is 25.3. The van der Waals surface area contributed by atoms with E-state index >= 15 is 0 Å². The Hall–Kier alpha value is -1.03. The third-order valence-corrected chi connectivity index (χ3v) is 6.54. The lowest BCUT2D eigenvalue weighted by molar-refractivity contribution is 0.348. The Morgan fingerprint density at radius 2 is 2.05 bits per heavy atom. The van der Waals surface area contributed by atoms with Crippen LogP contribution in [-0.2, 0) is 9.84 Å². The Labute approximate surface area is 116 Å². The summed E-state index contributed by atoms with van der Waals surface area (Å²) >= 11 is 0. The van der Waals surface area contributed by atoms with Crippen LogP contribution in [0, 0.1) is 12.8 Å². The number of hydrogen-bond donors (Lipinski definition) is 1. The van der Waals surface area contributed by atoms with Gasteiger partial charge in [0.05, 0.1) is 10.1 Å². The predicted octanol–water partition coefficient (Wildman–Crippen LogP) is 3.32. The van der Waals surface area contributed by atoms with E-state index in [1.54, 1.807) is 18.2 Å². The minimum Gasteiger partial charge on any atom is -0.399 e. The highest BCUT2D eigenvalue weighted by molar-refractivity contribution is 7.92. The van der Waals surface area contributed by atoms with E-state index < -0.39 is 9.84 Å². The molecule has 2 unspecified atom stereocenters. The van der Waals surface area contributed by atoms with Gasteiger partial charge in [-0.15, -0.1) is 0 Å². The molecule has 106 valence electrons. The highest BCUT2D eigenvalue weighted by Gasteiger charge is 2.32. The lowest BCUT2D eigenvalue weighted by atomic mass is 9.87. The molecule has 0 amide bonds. The smallest absolute Gasteiger partial charge is 0.181 e. The molecule has 1 fully saturated rings. The Morgan fingerprint density at radius 3 is 2.68 bits per heavy atom. The average Bonchev–Trinajstić information content (AvgIpc) is 2.41. The highest BCUT2D eigenvalue weighted by atomic mass is 32.2. The minimum atomic E-state index is -3.20. The van der Waals surface area contributed by atoms with Crippen molar-refractivity contribution in [1.29, 1.82) is 0 Å². The molecule has 1 aliphatic carbocycles. The van der Waals surface area contributed by atoms with Crippen LogP contribution in [0.25, 0.3) is 0 Å². The maximum atomic E-state index is 12.7. The zero-order valence-electron chi connectivity index (χ0n) is 11.7. The third-order valence-electron chi connectivity index (χ3n) is 4.32. The van der Waals surface area contributed by atoms with Gasteiger partial charge in [-0.25, -0.2) is 8.42 Å². The first-order valence-electron chi connectivity index (χ1n) is 7.05. The van der Waals surface area contributed by atoms with Gasteiger partial charge >= 0.3 is 0 Å². The van der Waals surface area contributed by atoms with Gasteiger partial charge in [0.15, 0.2) is 9.84 Å². The van der Waals surface area contributed by atoms with Crippen molar-refractivity contribution in [2.45, 2.75) is 56.1 Å². The number of rotatable bonds is 3. The lowest BCUT2D eigenvalue weighted by Crippen LogP contribution is -2.28. The van der Waals surface area contributed by atoms with Crippen molar-refractivity contribution >= 4 is 15.5 Å². The molecule has 4 heteroatoms. The van der Waals surface area contributed by atoms with Gasteiger partial charge in [-0.2, -0.15) is 0 Å². The molecule has 0 aromatic heterocycles. The van der Waals surface area contributed by atoms with Gasteiger partial charge in [0, 0.05) is 5.69 Å². The first-order valence-corrected chi connectivity index (χ1v) is 8.59. The highest BCUT2D eigenvalue weighted by Crippen LogP contribution is 2.34. The predicted molar refractivity (Wildman–Crippen MR) is 78.8 cm³/mol. The fourth-order valence-electron chi connectivity index (χ4n) is 2.91. The maximum Gasteiger partial charge on any atom is 0.181 e. The Kier molecular flexibility index (Phi) is 4.19. The van der Waals surface area contributed by atoms with Crippen LogP contribution < -0.4 is 5.73 Å². The molecule has 0 spiro atoms. The fraction of sp³-hybridized carbons (Fsp3) is 0.600. The molecule has 0 heterocycles. The molecular weight excluding hydrogens is 258 g/mol. The van der Waals surface area contributed by atoms with Crippen molar-refractivity contribution in [3.05, 3.63) is 23.8 Å². The molecule has 1 saturated carbocycles. The number of sulfone groups is 1. The van der Waals surface area contributed by atoms with Crippen molar-refractivity contribution in [3.8, 4) is 0 Å². The van der Waals surface area contributed by atoms with Crippen LogP contribution in [0.1, 0.15) is 44.6 Å². The van der Waals surface area contributed by atoms with Crippen molar-refractivity contribution in [3.63, 3.8) is 0 Å². The van der Waals surface area contributed by atoms with Crippen molar-refractivity contribution in [1.82, 2.24) is 0 Å². The van der Waals surface area contributed by atoms with Gasteiger partial charge in [-0.05, 0) is 49.4 Å². The van der Waals surface area contributed by atoms with Crippen molar-refractivity contribution < 1.29 is 8.42 Å². The normalized spacial score (nSPS) is 24.3. The van der Waals surface area contributed by atoms with E-state index in [0.29, 0.717) is 16.5 Å². The number of hydrogen-bond acceptors (Lipinski definition) is 3. The number of nitrogens with two attached hydrogens (primary N) is 1. The standard InChI is InChI=1S/C15H23NO2S/c1-3-12-5-4-6-13(10-12)19(17,18)14-7-8-15(16)11(2)9-14/h7-9,12-13H,3-6,10,16H2,1-2H3. The van der Waals surface area contributed by atoms with Gasteiger partial charge in [-0.1, -0.05) is 26.2 Å². The van der Waals surface area contributed by atoms with E-state index in [2.05, 4.69) is 6.92 Å². The van der Waals surface area contributed by atoms with Gasteiger partial charge in [0.1, 0.15) is 0 Å². The number of benzene rings is 1. The van der Waals surface area contributed by atoms with Crippen LogP contribution in [0.4, 0.5) is 5.69 Å². The summed E-state index contributed by atoms with van der Waals surface area (Å²) in [7, 11) is -3.20. The molecule has 3 nitrogen and oxygen atoms in total. The van der Waals surface area contributed by atoms with Crippen LogP contribution in [0.15, 0.2) is 23.1 Å². The summed E-state index contributed by atoms with van der Waals surface area (Å²) in [5.74, 6) is 0.559. The zero-order chi connectivity index (χ0) is 14.0. The number of nitrogen functional groups attached to an aromatic ring is 1. The summed E-state index contributed by atoms with van der Waals surface area (Å²) in [6.45, 7) is 4.00. The molecule has 0 saturated heterocycles. The summed E-state index contributed by atoms with van der Waals surface area (Å²) in [5, 5.41) is -0.214. The van der Waals surface area contributed by atoms with Crippen LogP contribution in [-0.4, -0.2) is 13.7 Å². The Balaban J connectivity index is 2.28. The summed E-state index contributed by atoms with van der Waals surface area (Å²) in [6, 6.07) is 5.05. The third kappa shape index (κ3) is 2.94.